The molecule has 0 aliphatic rings. The van der Waals surface area contributed by atoms with Gasteiger partial charge in [-0.3, -0.25) is 0 Å². The maximum atomic E-state index is 12.8. The summed E-state index contributed by atoms with van der Waals surface area (Å²) in [5.41, 5.74) is 1.95. The molecule has 0 radical (unpaired) electrons. The number of rotatable bonds is 3. The Bertz CT molecular complexity index is 529. The average molecular weight is 244 g/mol. The van der Waals surface area contributed by atoms with Crippen LogP contribution in [0, 0.1) is 12.7 Å². The maximum absolute atomic E-state index is 12.8. The first-order valence-corrected chi connectivity index (χ1v) is 6.02. The Kier molecular flexibility index (Phi) is 3.48. The van der Waals surface area contributed by atoms with Crippen LogP contribution >= 0.6 is 0 Å². The first-order chi connectivity index (χ1) is 8.49. The molecule has 0 amide bonds. The van der Waals surface area contributed by atoms with Crippen molar-refractivity contribution in [3.63, 3.8) is 0 Å². The van der Waals surface area contributed by atoms with E-state index >= 15 is 0 Å². The van der Waals surface area contributed by atoms with Crippen LogP contribution in [-0.4, -0.2) is 5.11 Å². The van der Waals surface area contributed by atoms with E-state index in [0.717, 1.165) is 16.7 Å². The molecule has 0 bridgehead atoms. The van der Waals surface area contributed by atoms with E-state index in [1.165, 1.54) is 12.1 Å². The summed E-state index contributed by atoms with van der Waals surface area (Å²) in [7, 11) is 0. The van der Waals surface area contributed by atoms with Gasteiger partial charge in [-0.25, -0.2) is 4.39 Å². The Morgan fingerprint density at radius 3 is 2.28 bits per heavy atom. The van der Waals surface area contributed by atoms with Crippen molar-refractivity contribution in [3.05, 3.63) is 71.0 Å². The summed E-state index contributed by atoms with van der Waals surface area (Å²) in [5, 5.41) is 10.6. The van der Waals surface area contributed by atoms with Gasteiger partial charge in [-0.05, 0) is 42.7 Å². The fourth-order valence-electron chi connectivity index (χ4n) is 2.27. The highest BCUT2D eigenvalue weighted by Crippen LogP contribution is 2.27. The number of aliphatic hydroxyl groups is 1. The summed E-state index contributed by atoms with van der Waals surface area (Å²) in [6.07, 6.45) is 0.470. The average Bonchev–Trinajstić information content (AvgIpc) is 2.32. The first kappa shape index (κ1) is 12.8. The van der Waals surface area contributed by atoms with Gasteiger partial charge in [0.15, 0.2) is 0 Å². The summed E-state index contributed by atoms with van der Waals surface area (Å²) in [6, 6.07) is 14.0. The van der Waals surface area contributed by atoms with Crippen LogP contribution in [0.5, 0.6) is 0 Å². The second-order valence-electron chi connectivity index (χ2n) is 4.89. The molecule has 0 aliphatic heterocycles. The van der Waals surface area contributed by atoms with Crippen LogP contribution in [0.4, 0.5) is 4.39 Å². The summed E-state index contributed by atoms with van der Waals surface area (Å²) >= 11 is 0. The van der Waals surface area contributed by atoms with Gasteiger partial charge in [0.25, 0.3) is 0 Å². The highest BCUT2D eigenvalue weighted by atomic mass is 19.1. The van der Waals surface area contributed by atoms with Crippen molar-refractivity contribution < 1.29 is 9.50 Å². The monoisotopic (exact) mass is 244 g/mol. The van der Waals surface area contributed by atoms with Crippen molar-refractivity contribution in [2.45, 2.75) is 25.9 Å². The lowest BCUT2D eigenvalue weighted by Crippen LogP contribution is -2.25. The van der Waals surface area contributed by atoms with Crippen molar-refractivity contribution in [2.75, 3.05) is 0 Å². The molecule has 1 atom stereocenters. The van der Waals surface area contributed by atoms with Gasteiger partial charge >= 0.3 is 0 Å². The van der Waals surface area contributed by atoms with Gasteiger partial charge in [0, 0.05) is 6.42 Å². The van der Waals surface area contributed by atoms with Gasteiger partial charge in [-0.1, -0.05) is 36.4 Å². The minimum Gasteiger partial charge on any atom is -0.385 e. The first-order valence-electron chi connectivity index (χ1n) is 6.02. The molecule has 18 heavy (non-hydrogen) atoms. The Balaban J connectivity index is 2.27. The highest BCUT2D eigenvalue weighted by Gasteiger charge is 2.24. The molecule has 2 rings (SSSR count). The molecule has 0 aliphatic carbocycles. The van der Waals surface area contributed by atoms with Crippen LogP contribution in [0.1, 0.15) is 23.6 Å². The van der Waals surface area contributed by atoms with E-state index in [-0.39, 0.29) is 5.82 Å². The molecule has 94 valence electrons. The van der Waals surface area contributed by atoms with Crippen LogP contribution in [0.25, 0.3) is 0 Å². The van der Waals surface area contributed by atoms with E-state index in [0.29, 0.717) is 6.42 Å². The number of hydrogen-bond donors (Lipinski definition) is 1. The molecule has 0 saturated heterocycles. The molecule has 0 saturated carbocycles. The fourth-order valence-corrected chi connectivity index (χ4v) is 2.27. The number of hydrogen-bond acceptors (Lipinski definition) is 1. The van der Waals surface area contributed by atoms with Gasteiger partial charge in [0.2, 0.25) is 0 Å². The Morgan fingerprint density at radius 1 is 1.06 bits per heavy atom. The summed E-state index contributed by atoms with van der Waals surface area (Å²) in [5.74, 6) is -0.255. The van der Waals surface area contributed by atoms with Gasteiger partial charge < -0.3 is 5.11 Å². The summed E-state index contributed by atoms with van der Waals surface area (Å²) in [4.78, 5) is 0. The maximum Gasteiger partial charge on any atom is 0.123 e. The molecule has 0 aromatic heterocycles. The normalized spacial score (nSPS) is 14.2. The van der Waals surface area contributed by atoms with Crippen LogP contribution in [0.2, 0.25) is 0 Å². The smallest absolute Gasteiger partial charge is 0.123 e. The quantitative estimate of drug-likeness (QED) is 0.875. The lowest BCUT2D eigenvalue weighted by atomic mass is 9.86. The zero-order valence-electron chi connectivity index (χ0n) is 10.7. The molecular weight excluding hydrogens is 227 g/mol. The van der Waals surface area contributed by atoms with Crippen LogP contribution < -0.4 is 0 Å². The lowest BCUT2D eigenvalue weighted by molar-refractivity contribution is 0.0569. The van der Waals surface area contributed by atoms with E-state index in [1.54, 1.807) is 19.1 Å². The van der Waals surface area contributed by atoms with E-state index in [2.05, 4.69) is 0 Å². The van der Waals surface area contributed by atoms with Crippen molar-refractivity contribution in [1.29, 1.82) is 0 Å². The SMILES string of the molecule is Cc1ccccc1C(C)(O)Cc1ccc(F)cc1. The van der Waals surface area contributed by atoms with Gasteiger partial charge in [-0.15, -0.1) is 0 Å². The summed E-state index contributed by atoms with van der Waals surface area (Å²) < 4.78 is 12.8. The number of benzene rings is 2. The van der Waals surface area contributed by atoms with Crippen molar-refractivity contribution in [2.24, 2.45) is 0 Å². The molecular formula is C16H17FO. The molecule has 0 fully saturated rings. The topological polar surface area (TPSA) is 20.2 Å². The Morgan fingerprint density at radius 2 is 1.67 bits per heavy atom. The van der Waals surface area contributed by atoms with Crippen LogP contribution in [-0.2, 0) is 12.0 Å². The second kappa shape index (κ2) is 4.91. The molecule has 1 nitrogen and oxygen atoms in total. The third-order valence-electron chi connectivity index (χ3n) is 3.19. The standard InChI is InChI=1S/C16H17FO/c1-12-5-3-4-6-15(12)16(2,18)11-13-7-9-14(17)10-8-13/h3-10,18H,11H2,1-2H3. The van der Waals surface area contributed by atoms with Crippen molar-refractivity contribution in [3.8, 4) is 0 Å². The second-order valence-corrected chi connectivity index (χ2v) is 4.89. The molecule has 0 heterocycles. The molecule has 1 N–H and O–H groups in total. The van der Waals surface area contributed by atoms with Crippen molar-refractivity contribution >= 4 is 0 Å². The zero-order valence-corrected chi connectivity index (χ0v) is 10.7. The zero-order chi connectivity index (χ0) is 13.2. The van der Waals surface area contributed by atoms with Crippen LogP contribution in [0.3, 0.4) is 0 Å². The molecule has 2 aromatic rings. The minimum atomic E-state index is -0.941. The van der Waals surface area contributed by atoms with E-state index < -0.39 is 5.60 Å². The highest BCUT2D eigenvalue weighted by molar-refractivity contribution is 5.32. The van der Waals surface area contributed by atoms with Gasteiger partial charge in [0.1, 0.15) is 5.82 Å². The number of aryl methyl sites for hydroxylation is 1. The third kappa shape index (κ3) is 2.77. The largest absolute Gasteiger partial charge is 0.385 e. The predicted octanol–water partition coefficient (Wildman–Crippen LogP) is 3.58. The van der Waals surface area contributed by atoms with Gasteiger partial charge in [0.05, 0.1) is 5.60 Å². The van der Waals surface area contributed by atoms with E-state index in [9.17, 15) is 9.50 Å². The van der Waals surface area contributed by atoms with E-state index in [4.69, 9.17) is 0 Å². The molecule has 2 heteroatoms. The summed E-state index contributed by atoms with van der Waals surface area (Å²) in [6.45, 7) is 3.77. The lowest BCUT2D eigenvalue weighted by Gasteiger charge is -2.25. The van der Waals surface area contributed by atoms with Crippen LogP contribution in [0.15, 0.2) is 48.5 Å². The van der Waals surface area contributed by atoms with Crippen molar-refractivity contribution in [1.82, 2.24) is 0 Å². The predicted molar refractivity (Wildman–Crippen MR) is 70.9 cm³/mol. The van der Waals surface area contributed by atoms with E-state index in [1.807, 2.05) is 31.2 Å². The Hall–Kier alpha value is -1.67. The Labute approximate surface area is 107 Å². The third-order valence-corrected chi connectivity index (χ3v) is 3.19. The van der Waals surface area contributed by atoms with Gasteiger partial charge in [-0.2, -0.15) is 0 Å². The molecule has 1 unspecified atom stereocenters. The molecule has 2 aromatic carbocycles. The fraction of sp³-hybridized carbons (Fsp3) is 0.250. The minimum absolute atomic E-state index is 0.255. The number of halogens is 1. The molecule has 0 spiro atoms.